The monoisotopic (exact) mass is 909 g/mol. The van der Waals surface area contributed by atoms with Crippen LogP contribution in [0.25, 0.3) is 22.5 Å². The number of carboxylic acid groups (broad SMARTS) is 1. The summed E-state index contributed by atoms with van der Waals surface area (Å²) in [6, 6.07) is 12.2. The average Bonchev–Trinajstić information content (AvgIpc) is 3.29. The highest BCUT2D eigenvalue weighted by molar-refractivity contribution is 6.00. The number of carbonyl (C=O) groups excluding carboxylic acids is 4. The van der Waals surface area contributed by atoms with Crippen molar-refractivity contribution in [3.63, 3.8) is 0 Å². The highest BCUT2D eigenvalue weighted by Crippen LogP contribution is 2.40. The molecular weight excluding hydrogens is 847 g/mol. The van der Waals surface area contributed by atoms with Crippen molar-refractivity contribution in [1.82, 2.24) is 30.8 Å². The molecule has 1 aromatic heterocycles. The van der Waals surface area contributed by atoms with Crippen LogP contribution in [0.3, 0.4) is 0 Å². The van der Waals surface area contributed by atoms with Crippen molar-refractivity contribution < 1.29 is 43.3 Å². The van der Waals surface area contributed by atoms with Gasteiger partial charge in [-0.25, -0.2) is 14.8 Å². The van der Waals surface area contributed by atoms with Crippen LogP contribution in [0, 0.1) is 13.8 Å². The Bertz CT molecular complexity index is 2320. The van der Waals surface area contributed by atoms with Crippen LogP contribution >= 0.6 is 0 Å². The van der Waals surface area contributed by atoms with Crippen molar-refractivity contribution in [2.45, 2.75) is 90.4 Å². The molecule has 2 unspecified atom stereocenters. The van der Waals surface area contributed by atoms with Crippen LogP contribution in [0.15, 0.2) is 60.7 Å². The quantitative estimate of drug-likeness (QED) is 0.0627. The lowest BCUT2D eigenvalue weighted by molar-refractivity contribution is -0.143. The first kappa shape index (κ1) is 50.4. The minimum Gasteiger partial charge on any atom is -0.494 e. The molecule has 3 aromatic carbocycles. The van der Waals surface area contributed by atoms with Crippen LogP contribution in [0.4, 0.5) is 0 Å². The number of carboxylic acids is 1. The van der Waals surface area contributed by atoms with Gasteiger partial charge in [0.05, 0.1) is 23.6 Å². The fourth-order valence-corrected chi connectivity index (χ4v) is 7.69. The maximum Gasteiger partial charge on any atom is 0.326 e. The minimum absolute atomic E-state index is 0.00551. The van der Waals surface area contributed by atoms with Crippen LogP contribution < -0.4 is 47.4 Å². The van der Waals surface area contributed by atoms with Gasteiger partial charge in [0, 0.05) is 43.2 Å². The van der Waals surface area contributed by atoms with Crippen LogP contribution in [-0.2, 0) is 25.6 Å². The molecule has 4 atom stereocenters. The van der Waals surface area contributed by atoms with Crippen LogP contribution in [0.1, 0.15) is 84.9 Å². The molecule has 4 bridgehead atoms. The Balaban J connectivity index is 1.50. The van der Waals surface area contributed by atoms with E-state index >= 15 is 0 Å². The average molecular weight is 910 g/mol. The zero-order chi connectivity index (χ0) is 47.9. The van der Waals surface area contributed by atoms with Gasteiger partial charge in [-0.1, -0.05) is 38.3 Å². The SMILES string of the molecule is CCCCCCOc1ccc(-c2nc(C)c(C(=O)N[C@@H](CCN)C(=O)N(C)C3C(=O)N[C@@H](C)C(=O)NC(C(=O)O)Cc4ccc(OCCN)c(c4)-c4cc3ccc4OCCN)c(C)n2)cc1. The fourth-order valence-electron chi connectivity index (χ4n) is 7.69. The molecular formula is C48H63N9O9. The zero-order valence-corrected chi connectivity index (χ0v) is 38.4. The number of amides is 4. The van der Waals surface area contributed by atoms with Gasteiger partial charge in [-0.15, -0.1) is 0 Å². The Morgan fingerprint density at radius 1 is 0.818 bits per heavy atom. The first-order chi connectivity index (χ1) is 31.7. The van der Waals surface area contributed by atoms with Crippen molar-refractivity contribution in [3.05, 3.63) is 88.7 Å². The zero-order valence-electron chi connectivity index (χ0n) is 38.4. The smallest absolute Gasteiger partial charge is 0.326 e. The van der Waals surface area contributed by atoms with E-state index in [0.717, 1.165) is 30.6 Å². The molecule has 354 valence electrons. The molecule has 0 radical (unpaired) electrons. The Labute approximate surface area is 385 Å². The minimum atomic E-state index is -1.41. The third-order valence-corrected chi connectivity index (χ3v) is 11.1. The molecule has 10 N–H and O–H groups in total. The van der Waals surface area contributed by atoms with Crippen molar-refractivity contribution in [3.8, 4) is 39.8 Å². The number of fused-ring (bicyclic) bond motifs is 5. The molecule has 4 amide bonds. The van der Waals surface area contributed by atoms with E-state index in [2.05, 4.69) is 32.8 Å². The van der Waals surface area contributed by atoms with Gasteiger partial charge < -0.3 is 57.4 Å². The summed E-state index contributed by atoms with van der Waals surface area (Å²) < 4.78 is 18.0. The van der Waals surface area contributed by atoms with E-state index in [0.29, 0.717) is 57.6 Å². The molecule has 4 aromatic rings. The largest absolute Gasteiger partial charge is 0.494 e. The highest BCUT2D eigenvalue weighted by Gasteiger charge is 2.36. The number of unbranched alkanes of at least 4 members (excludes halogenated alkanes) is 3. The summed E-state index contributed by atoms with van der Waals surface area (Å²) in [7, 11) is 1.41. The predicted octanol–water partition coefficient (Wildman–Crippen LogP) is 3.34. The maximum absolute atomic E-state index is 14.7. The normalized spacial score (nSPS) is 16.5. The second kappa shape index (κ2) is 24.1. The molecule has 0 aliphatic carbocycles. The second-order valence-electron chi connectivity index (χ2n) is 16.2. The van der Waals surface area contributed by atoms with Crippen LogP contribution in [0.5, 0.6) is 17.2 Å². The number of rotatable bonds is 20. The van der Waals surface area contributed by atoms with E-state index in [9.17, 15) is 29.1 Å². The predicted molar refractivity (Wildman–Crippen MR) is 249 cm³/mol. The third-order valence-electron chi connectivity index (χ3n) is 11.1. The molecule has 18 heteroatoms. The van der Waals surface area contributed by atoms with E-state index < -0.39 is 53.8 Å². The first-order valence-corrected chi connectivity index (χ1v) is 22.3. The first-order valence-electron chi connectivity index (χ1n) is 22.3. The molecule has 2 heterocycles. The van der Waals surface area contributed by atoms with Crippen molar-refractivity contribution >= 4 is 29.6 Å². The van der Waals surface area contributed by atoms with Crippen LogP contribution in [-0.4, -0.2) is 114 Å². The highest BCUT2D eigenvalue weighted by atomic mass is 16.5. The summed E-state index contributed by atoms with van der Waals surface area (Å²) in [4.78, 5) is 79.6. The van der Waals surface area contributed by atoms with E-state index in [4.69, 9.17) is 31.4 Å². The number of ether oxygens (including phenoxy) is 3. The topological polar surface area (TPSA) is 276 Å². The Hall–Kier alpha value is -6.63. The molecule has 5 rings (SSSR count). The number of aryl methyl sites for hydroxylation is 2. The lowest BCUT2D eigenvalue weighted by Gasteiger charge is -2.32. The van der Waals surface area contributed by atoms with Gasteiger partial charge in [-0.05, 0) is 99.8 Å². The van der Waals surface area contributed by atoms with Crippen molar-refractivity contribution in [1.29, 1.82) is 0 Å². The summed E-state index contributed by atoms with van der Waals surface area (Å²) in [5.74, 6) is -2.22. The van der Waals surface area contributed by atoms with Gasteiger partial charge in [0.1, 0.15) is 54.6 Å². The molecule has 0 spiro atoms. The maximum atomic E-state index is 14.7. The number of nitrogens with zero attached hydrogens (tertiary/aromatic N) is 3. The van der Waals surface area contributed by atoms with E-state index in [1.807, 2.05) is 24.3 Å². The summed E-state index contributed by atoms with van der Waals surface area (Å²) in [6.45, 7) is 8.22. The summed E-state index contributed by atoms with van der Waals surface area (Å²) in [6.07, 6.45) is 4.30. The van der Waals surface area contributed by atoms with Gasteiger partial charge in [0.15, 0.2) is 5.82 Å². The molecule has 0 saturated heterocycles. The summed E-state index contributed by atoms with van der Waals surface area (Å²) in [5, 5.41) is 18.1. The summed E-state index contributed by atoms with van der Waals surface area (Å²) in [5.41, 5.74) is 21.1. The standard InChI is InChI=1S/C48H63N9O9/c1-6-7-8-9-22-64-34-14-11-32(12-15-34)43-52-28(2)41(29(3)53-43)45(59)55-37(18-19-49)47(61)57(5)42-33-13-17-40(66-24-21-51)36(27-33)35-25-31(10-16-39(35)65-23-20-50)26-38(48(62)63)56-44(58)30(4)54-46(42)60/h10-17,25,27,30,37-38,42H,6-9,18-24,26,49-51H2,1-5H3,(H,54,60)(H,55,59)(H,56,58)(H,62,63)/t30-,37-,38?,42?/m0/s1. The fraction of sp³-hybridized carbons (Fsp3) is 0.438. The van der Waals surface area contributed by atoms with E-state index in [-0.39, 0.29) is 51.3 Å². The Kier molecular flexibility index (Phi) is 18.4. The number of aromatic nitrogens is 2. The number of hydrogen-bond donors (Lipinski definition) is 7. The number of aliphatic carboxylic acids is 1. The van der Waals surface area contributed by atoms with Crippen LogP contribution in [0.2, 0.25) is 0 Å². The Morgan fingerprint density at radius 2 is 1.45 bits per heavy atom. The molecule has 0 fully saturated rings. The Morgan fingerprint density at radius 3 is 2.06 bits per heavy atom. The number of benzene rings is 3. The van der Waals surface area contributed by atoms with E-state index in [1.165, 1.54) is 25.3 Å². The lowest BCUT2D eigenvalue weighted by Crippen LogP contribution is -2.55. The number of nitrogens with two attached hydrogens (primary N) is 3. The molecule has 1 aliphatic heterocycles. The van der Waals surface area contributed by atoms with Gasteiger partial charge >= 0.3 is 5.97 Å². The summed E-state index contributed by atoms with van der Waals surface area (Å²) >= 11 is 0. The third kappa shape index (κ3) is 12.8. The van der Waals surface area contributed by atoms with Gasteiger partial charge in [-0.2, -0.15) is 0 Å². The van der Waals surface area contributed by atoms with Gasteiger partial charge in [0.2, 0.25) is 17.7 Å². The molecule has 1 aliphatic rings. The number of carbonyl (C=O) groups is 5. The molecule has 0 saturated carbocycles. The molecule has 18 nitrogen and oxygen atoms in total. The van der Waals surface area contributed by atoms with Crippen molar-refractivity contribution in [2.24, 2.45) is 17.2 Å². The number of nitrogens with one attached hydrogen (secondary N) is 3. The lowest BCUT2D eigenvalue weighted by atomic mass is 9.93. The number of likely N-dealkylation sites (N-methyl/N-ethyl adjacent to an activating group) is 1. The van der Waals surface area contributed by atoms with Gasteiger partial charge in [-0.3, -0.25) is 19.2 Å². The van der Waals surface area contributed by atoms with Gasteiger partial charge in [0.25, 0.3) is 5.91 Å². The molecule has 66 heavy (non-hydrogen) atoms. The second-order valence-corrected chi connectivity index (χ2v) is 16.2. The van der Waals surface area contributed by atoms with E-state index in [1.54, 1.807) is 50.2 Å². The number of hydrogen-bond acceptors (Lipinski definition) is 13. The van der Waals surface area contributed by atoms with Crippen molar-refractivity contribution in [2.75, 3.05) is 46.5 Å².